The third-order valence-electron chi connectivity index (χ3n) is 5.07. The fourth-order valence-electron chi connectivity index (χ4n) is 3.64. The zero-order valence-corrected chi connectivity index (χ0v) is 21.8. The number of alkyl carbamates (subject to hydrolysis) is 1. The highest BCUT2D eigenvalue weighted by Gasteiger charge is 2.26. The van der Waals surface area contributed by atoms with Crippen LogP contribution in [0.1, 0.15) is 58.3 Å². The summed E-state index contributed by atoms with van der Waals surface area (Å²) in [4.78, 5) is 41.2. The van der Waals surface area contributed by atoms with Gasteiger partial charge in [-0.25, -0.2) is 4.79 Å². The van der Waals surface area contributed by atoms with Crippen molar-refractivity contribution in [2.45, 2.75) is 53.6 Å². The molecule has 196 valence electrons. The van der Waals surface area contributed by atoms with Crippen molar-refractivity contribution in [3.05, 3.63) is 17.7 Å². The lowest BCUT2D eigenvalue weighted by molar-refractivity contribution is -0.130. The van der Waals surface area contributed by atoms with Crippen molar-refractivity contribution in [3.8, 4) is 17.2 Å². The molecule has 2 rings (SSSR count). The highest BCUT2D eigenvalue weighted by molar-refractivity contribution is 5.95. The highest BCUT2D eigenvalue weighted by atomic mass is 16.6. The third kappa shape index (κ3) is 8.52. The number of hydrogen-bond donors (Lipinski definition) is 1. The molecule has 1 aromatic carbocycles. The van der Waals surface area contributed by atoms with Crippen LogP contribution in [0.5, 0.6) is 17.2 Å². The fraction of sp³-hybridized carbons (Fsp3) is 0.640. The summed E-state index contributed by atoms with van der Waals surface area (Å²) in [6.45, 7) is 13.7. The Morgan fingerprint density at radius 2 is 1.40 bits per heavy atom. The van der Waals surface area contributed by atoms with Crippen LogP contribution >= 0.6 is 0 Å². The molecule has 1 aliphatic heterocycles. The molecule has 1 heterocycles. The Labute approximate surface area is 207 Å². The van der Waals surface area contributed by atoms with Crippen LogP contribution in [-0.2, 0) is 9.53 Å². The predicted molar refractivity (Wildman–Crippen MR) is 131 cm³/mol. The first-order chi connectivity index (χ1) is 16.6. The van der Waals surface area contributed by atoms with Gasteiger partial charge in [0.1, 0.15) is 12.1 Å². The first-order valence-electron chi connectivity index (χ1n) is 12.2. The first kappa shape index (κ1) is 28.1. The second-order valence-corrected chi connectivity index (χ2v) is 8.98. The maximum Gasteiger partial charge on any atom is 0.408 e. The van der Waals surface area contributed by atoms with E-state index in [1.807, 2.05) is 20.8 Å². The van der Waals surface area contributed by atoms with Crippen molar-refractivity contribution in [1.82, 2.24) is 15.1 Å². The molecule has 35 heavy (non-hydrogen) atoms. The minimum absolute atomic E-state index is 0.156. The molecule has 0 radical (unpaired) electrons. The molecule has 0 aliphatic carbocycles. The minimum Gasteiger partial charge on any atom is -0.490 e. The van der Waals surface area contributed by atoms with Crippen molar-refractivity contribution in [1.29, 1.82) is 0 Å². The van der Waals surface area contributed by atoms with Gasteiger partial charge in [0.05, 0.1) is 19.8 Å². The van der Waals surface area contributed by atoms with Crippen LogP contribution < -0.4 is 19.5 Å². The van der Waals surface area contributed by atoms with Crippen molar-refractivity contribution in [2.75, 3.05) is 52.5 Å². The summed E-state index contributed by atoms with van der Waals surface area (Å²) in [6.07, 6.45) is -0.0133. The van der Waals surface area contributed by atoms with Gasteiger partial charge in [-0.05, 0) is 60.1 Å². The Bertz CT molecular complexity index is 855. The number of amides is 3. The van der Waals surface area contributed by atoms with Crippen molar-refractivity contribution < 1.29 is 33.3 Å². The average Bonchev–Trinajstić information content (AvgIpc) is 3.04. The number of hydrogen-bond acceptors (Lipinski definition) is 7. The monoisotopic (exact) mass is 493 g/mol. The number of nitrogens with one attached hydrogen (secondary N) is 1. The standard InChI is InChI=1S/C25H39N3O7/c1-7-32-19-15-18(16-20(33-8-2)22(19)34-9-3)23(30)28-12-10-11-27(13-14-28)21(29)17-26-24(31)35-25(4,5)6/h15-16H,7-14,17H2,1-6H3,(H,26,31). The normalized spacial score (nSPS) is 14.1. The van der Waals surface area contributed by atoms with Crippen LogP contribution in [0.3, 0.4) is 0 Å². The van der Waals surface area contributed by atoms with Gasteiger partial charge in [-0.1, -0.05) is 0 Å². The van der Waals surface area contributed by atoms with E-state index in [9.17, 15) is 14.4 Å². The Morgan fingerprint density at radius 3 is 1.94 bits per heavy atom. The fourth-order valence-corrected chi connectivity index (χ4v) is 3.64. The lowest BCUT2D eigenvalue weighted by Crippen LogP contribution is -2.43. The summed E-state index contributed by atoms with van der Waals surface area (Å²) in [7, 11) is 0. The molecule has 1 N–H and O–H groups in total. The van der Waals surface area contributed by atoms with Gasteiger partial charge >= 0.3 is 6.09 Å². The van der Waals surface area contributed by atoms with Gasteiger partial charge in [-0.2, -0.15) is 0 Å². The van der Waals surface area contributed by atoms with Gasteiger partial charge < -0.3 is 34.1 Å². The summed E-state index contributed by atoms with van der Waals surface area (Å²) in [5.41, 5.74) is -0.201. The molecule has 10 nitrogen and oxygen atoms in total. The smallest absolute Gasteiger partial charge is 0.408 e. The lowest BCUT2D eigenvalue weighted by Gasteiger charge is -2.24. The summed E-state index contributed by atoms with van der Waals surface area (Å²) >= 11 is 0. The molecule has 1 aromatic rings. The maximum absolute atomic E-state index is 13.4. The average molecular weight is 494 g/mol. The lowest BCUT2D eigenvalue weighted by atomic mass is 10.1. The summed E-state index contributed by atoms with van der Waals surface area (Å²) < 4.78 is 22.4. The summed E-state index contributed by atoms with van der Waals surface area (Å²) in [5, 5.41) is 2.50. The van der Waals surface area contributed by atoms with E-state index in [2.05, 4.69) is 5.32 Å². The Morgan fingerprint density at radius 1 is 0.857 bits per heavy atom. The van der Waals surface area contributed by atoms with E-state index in [-0.39, 0.29) is 18.4 Å². The van der Waals surface area contributed by atoms with Gasteiger partial charge in [0.15, 0.2) is 11.5 Å². The maximum atomic E-state index is 13.4. The molecule has 0 aromatic heterocycles. The number of benzene rings is 1. The largest absolute Gasteiger partial charge is 0.490 e. The van der Waals surface area contributed by atoms with Crippen LogP contribution in [0, 0.1) is 0 Å². The Kier molecular flexibility index (Phi) is 10.5. The van der Waals surface area contributed by atoms with Crippen LogP contribution in [0.2, 0.25) is 0 Å². The number of carbonyl (C=O) groups is 3. The zero-order chi connectivity index (χ0) is 26.0. The van der Waals surface area contributed by atoms with E-state index in [1.165, 1.54) is 0 Å². The van der Waals surface area contributed by atoms with Crippen molar-refractivity contribution in [2.24, 2.45) is 0 Å². The number of carbonyl (C=O) groups excluding carboxylic acids is 3. The second-order valence-electron chi connectivity index (χ2n) is 8.98. The highest BCUT2D eigenvalue weighted by Crippen LogP contribution is 2.39. The van der Waals surface area contributed by atoms with Crippen LogP contribution in [-0.4, -0.2) is 85.9 Å². The molecular weight excluding hydrogens is 454 g/mol. The van der Waals surface area contributed by atoms with Gasteiger partial charge in [-0.15, -0.1) is 0 Å². The predicted octanol–water partition coefficient (Wildman–Crippen LogP) is 3.08. The molecule has 0 atom stereocenters. The van der Waals surface area contributed by atoms with E-state index in [1.54, 1.807) is 42.7 Å². The van der Waals surface area contributed by atoms with Gasteiger partial charge in [0, 0.05) is 31.7 Å². The SMILES string of the molecule is CCOc1cc(C(=O)N2CCCN(C(=O)CNC(=O)OC(C)(C)C)CC2)cc(OCC)c1OCC. The van der Waals surface area contributed by atoms with Gasteiger partial charge in [0.25, 0.3) is 5.91 Å². The third-order valence-corrected chi connectivity index (χ3v) is 5.07. The van der Waals surface area contributed by atoms with Crippen LogP contribution in [0.4, 0.5) is 4.79 Å². The van der Waals surface area contributed by atoms with Crippen molar-refractivity contribution >= 4 is 17.9 Å². The van der Waals surface area contributed by atoms with Gasteiger partial charge in [-0.3, -0.25) is 9.59 Å². The molecule has 0 bridgehead atoms. The quantitative estimate of drug-likeness (QED) is 0.563. The summed E-state index contributed by atoms with van der Waals surface area (Å²) in [6, 6.07) is 3.36. The van der Waals surface area contributed by atoms with Gasteiger partial charge in [0.2, 0.25) is 11.7 Å². The van der Waals surface area contributed by atoms with E-state index in [0.29, 0.717) is 75.2 Å². The van der Waals surface area contributed by atoms with E-state index >= 15 is 0 Å². The minimum atomic E-state index is -0.637. The first-order valence-corrected chi connectivity index (χ1v) is 12.2. The van der Waals surface area contributed by atoms with Crippen LogP contribution in [0.25, 0.3) is 0 Å². The number of rotatable bonds is 9. The van der Waals surface area contributed by atoms with E-state index in [4.69, 9.17) is 18.9 Å². The topological polar surface area (TPSA) is 107 Å². The van der Waals surface area contributed by atoms with E-state index in [0.717, 1.165) is 0 Å². The molecule has 1 saturated heterocycles. The zero-order valence-electron chi connectivity index (χ0n) is 21.8. The summed E-state index contributed by atoms with van der Waals surface area (Å²) in [5.74, 6) is 1.02. The van der Waals surface area contributed by atoms with Crippen molar-refractivity contribution in [3.63, 3.8) is 0 Å². The molecule has 10 heteroatoms. The van der Waals surface area contributed by atoms with E-state index < -0.39 is 11.7 Å². The molecule has 0 unspecified atom stereocenters. The molecule has 1 fully saturated rings. The Balaban J connectivity index is 2.07. The number of nitrogens with zero attached hydrogens (tertiary/aromatic N) is 2. The molecule has 1 aliphatic rings. The second kappa shape index (κ2) is 13.1. The molecule has 0 saturated carbocycles. The molecular formula is C25H39N3O7. The molecule has 0 spiro atoms. The number of ether oxygens (including phenoxy) is 4. The Hall–Kier alpha value is -3.17. The van der Waals surface area contributed by atoms with Crippen LogP contribution in [0.15, 0.2) is 12.1 Å². The molecule has 3 amide bonds.